The fourth-order valence-electron chi connectivity index (χ4n) is 2.87. The van der Waals surface area contributed by atoms with E-state index < -0.39 is 10.0 Å². The molecule has 0 aromatic heterocycles. The number of carbonyl (C=O) groups is 2. The first kappa shape index (κ1) is 19.4. The summed E-state index contributed by atoms with van der Waals surface area (Å²) in [4.78, 5) is 24.3. The smallest absolute Gasteiger partial charge is 0.240 e. The molecule has 0 aliphatic carbocycles. The number of amides is 2. The van der Waals surface area contributed by atoms with Gasteiger partial charge in [0, 0.05) is 39.2 Å². The van der Waals surface area contributed by atoms with Gasteiger partial charge in [0.2, 0.25) is 21.8 Å². The third-order valence-corrected chi connectivity index (χ3v) is 5.59. The highest BCUT2D eigenvalue weighted by atomic mass is 32.2. The summed E-state index contributed by atoms with van der Waals surface area (Å²) in [7, 11) is -3.58. The highest BCUT2D eigenvalue weighted by Crippen LogP contribution is 2.29. The molecule has 1 heterocycles. The lowest BCUT2D eigenvalue weighted by Crippen LogP contribution is -2.33. The van der Waals surface area contributed by atoms with E-state index in [1.807, 2.05) is 0 Å². The molecule has 2 rings (SSSR count). The van der Waals surface area contributed by atoms with Gasteiger partial charge in [-0.3, -0.25) is 9.59 Å². The zero-order chi connectivity index (χ0) is 18.4. The molecule has 0 saturated heterocycles. The number of anilines is 1. The number of unbranched alkanes of at least 4 members (excludes halogenated alkanes) is 1. The van der Waals surface area contributed by atoms with Gasteiger partial charge in [0.1, 0.15) is 0 Å². The monoisotopic (exact) mass is 367 g/mol. The van der Waals surface area contributed by atoms with Gasteiger partial charge in [-0.25, -0.2) is 13.1 Å². The van der Waals surface area contributed by atoms with Crippen LogP contribution in [0.3, 0.4) is 0 Å². The molecule has 2 N–H and O–H groups in total. The molecule has 0 fully saturated rings. The number of nitrogens with one attached hydrogen (secondary N) is 2. The minimum Gasteiger partial charge on any atom is -0.356 e. The van der Waals surface area contributed by atoms with Crippen molar-refractivity contribution >= 4 is 27.5 Å². The van der Waals surface area contributed by atoms with Crippen LogP contribution in [0.15, 0.2) is 23.1 Å². The Labute approximate surface area is 148 Å². The lowest BCUT2D eigenvalue weighted by Gasteiger charge is -2.28. The Kier molecular flexibility index (Phi) is 6.55. The van der Waals surface area contributed by atoms with Crippen LogP contribution in [0, 0.1) is 0 Å². The fraction of sp³-hybridized carbons (Fsp3) is 0.529. The van der Waals surface area contributed by atoms with Crippen molar-refractivity contribution in [3.63, 3.8) is 0 Å². The van der Waals surface area contributed by atoms with Crippen molar-refractivity contribution in [1.29, 1.82) is 0 Å². The first-order valence-corrected chi connectivity index (χ1v) is 9.95. The Bertz CT molecular complexity index is 746. The van der Waals surface area contributed by atoms with E-state index >= 15 is 0 Å². The van der Waals surface area contributed by atoms with Crippen LogP contribution in [-0.4, -0.2) is 39.9 Å². The summed E-state index contributed by atoms with van der Waals surface area (Å²) < 4.78 is 27.4. The Morgan fingerprint density at radius 1 is 1.16 bits per heavy atom. The minimum absolute atomic E-state index is 0.0335. The number of sulfonamides is 1. The Morgan fingerprint density at radius 3 is 2.56 bits per heavy atom. The molecular formula is C17H25N3O4S. The van der Waals surface area contributed by atoms with Gasteiger partial charge < -0.3 is 10.2 Å². The van der Waals surface area contributed by atoms with Gasteiger partial charge in [-0.2, -0.15) is 0 Å². The van der Waals surface area contributed by atoms with E-state index in [2.05, 4.69) is 10.0 Å². The van der Waals surface area contributed by atoms with Crippen LogP contribution in [0.4, 0.5) is 5.69 Å². The number of nitrogens with zero attached hydrogens (tertiary/aromatic N) is 1. The first-order chi connectivity index (χ1) is 11.8. The van der Waals surface area contributed by atoms with E-state index in [9.17, 15) is 18.0 Å². The zero-order valence-corrected chi connectivity index (χ0v) is 15.5. The van der Waals surface area contributed by atoms with E-state index in [0.717, 1.165) is 24.1 Å². The Morgan fingerprint density at radius 2 is 1.88 bits per heavy atom. The summed E-state index contributed by atoms with van der Waals surface area (Å²) in [6.45, 7) is 4.49. The summed E-state index contributed by atoms with van der Waals surface area (Å²) in [5.74, 6) is -0.122. The van der Waals surface area contributed by atoms with Gasteiger partial charge in [0.25, 0.3) is 0 Å². The summed E-state index contributed by atoms with van der Waals surface area (Å²) in [6.07, 6.45) is 2.94. The molecule has 138 valence electrons. The molecule has 0 spiro atoms. The fourth-order valence-corrected chi connectivity index (χ4v) is 4.00. The zero-order valence-electron chi connectivity index (χ0n) is 14.7. The third kappa shape index (κ3) is 5.27. The van der Waals surface area contributed by atoms with Gasteiger partial charge in [-0.15, -0.1) is 0 Å². The van der Waals surface area contributed by atoms with Crippen molar-refractivity contribution in [2.75, 3.05) is 24.5 Å². The van der Waals surface area contributed by atoms with Gasteiger partial charge in [0.05, 0.1) is 4.90 Å². The van der Waals surface area contributed by atoms with E-state index in [1.54, 1.807) is 23.1 Å². The molecule has 0 atom stereocenters. The minimum atomic E-state index is -3.58. The summed E-state index contributed by atoms with van der Waals surface area (Å²) in [5.41, 5.74) is 1.68. The predicted octanol–water partition coefficient (Wildman–Crippen LogP) is 1.18. The van der Waals surface area contributed by atoms with Crippen LogP contribution in [0.2, 0.25) is 0 Å². The number of hydrogen-bond acceptors (Lipinski definition) is 4. The molecule has 8 heteroatoms. The quantitative estimate of drug-likeness (QED) is 0.708. The molecule has 1 aliphatic heterocycles. The largest absolute Gasteiger partial charge is 0.356 e. The average Bonchev–Trinajstić information content (AvgIpc) is 2.56. The van der Waals surface area contributed by atoms with Crippen molar-refractivity contribution in [3.8, 4) is 0 Å². The normalized spacial score (nSPS) is 14.1. The van der Waals surface area contributed by atoms with Gasteiger partial charge in [0.15, 0.2) is 0 Å². The Hall–Kier alpha value is -1.93. The highest BCUT2D eigenvalue weighted by Gasteiger charge is 2.22. The molecule has 0 radical (unpaired) electrons. The molecule has 7 nitrogen and oxygen atoms in total. The maximum absolute atomic E-state index is 12.4. The number of hydrogen-bond donors (Lipinski definition) is 2. The number of aryl methyl sites for hydroxylation is 1. The Balaban J connectivity index is 1.98. The van der Waals surface area contributed by atoms with Crippen molar-refractivity contribution in [1.82, 2.24) is 10.0 Å². The van der Waals surface area contributed by atoms with Crippen LogP contribution < -0.4 is 14.9 Å². The number of fused-ring (bicyclic) bond motifs is 1. The van der Waals surface area contributed by atoms with Crippen LogP contribution in [0.5, 0.6) is 0 Å². The molecule has 2 amide bonds. The topological polar surface area (TPSA) is 95.6 Å². The summed E-state index contributed by atoms with van der Waals surface area (Å²) in [6, 6.07) is 4.91. The standard InChI is InChI=1S/C17H25N3O4S/c1-13(21)18-9-3-4-10-19-25(23,24)16-7-8-17-15(12-16)6-5-11-20(17)14(2)22/h7-8,12,19H,3-6,9-11H2,1-2H3,(H,18,21). The molecule has 1 aromatic carbocycles. The van der Waals surface area contributed by atoms with E-state index in [4.69, 9.17) is 0 Å². The number of benzene rings is 1. The van der Waals surface area contributed by atoms with Crippen molar-refractivity contribution in [2.45, 2.75) is 44.4 Å². The second-order valence-electron chi connectivity index (χ2n) is 6.15. The van der Waals surface area contributed by atoms with Crippen molar-refractivity contribution in [3.05, 3.63) is 23.8 Å². The second-order valence-corrected chi connectivity index (χ2v) is 7.92. The molecule has 1 aliphatic rings. The van der Waals surface area contributed by atoms with Crippen molar-refractivity contribution in [2.24, 2.45) is 0 Å². The van der Waals surface area contributed by atoms with Crippen molar-refractivity contribution < 1.29 is 18.0 Å². The van der Waals surface area contributed by atoms with Gasteiger partial charge in [-0.05, 0) is 49.4 Å². The molecule has 0 bridgehead atoms. The lowest BCUT2D eigenvalue weighted by atomic mass is 10.0. The molecule has 1 aromatic rings. The van der Waals surface area contributed by atoms with Crippen LogP contribution in [0.1, 0.15) is 38.7 Å². The van der Waals surface area contributed by atoms with Gasteiger partial charge in [-0.1, -0.05) is 0 Å². The number of carbonyl (C=O) groups excluding carboxylic acids is 2. The SMILES string of the molecule is CC(=O)NCCCCNS(=O)(=O)c1ccc2c(c1)CCCN2C(C)=O. The van der Waals surface area contributed by atoms with Crippen LogP contribution in [0.25, 0.3) is 0 Å². The lowest BCUT2D eigenvalue weighted by molar-refractivity contribution is -0.119. The van der Waals surface area contributed by atoms with Gasteiger partial charge >= 0.3 is 0 Å². The molecule has 0 saturated carbocycles. The van der Waals surface area contributed by atoms with Crippen LogP contribution in [-0.2, 0) is 26.0 Å². The van der Waals surface area contributed by atoms with Crippen LogP contribution >= 0.6 is 0 Å². The molecular weight excluding hydrogens is 342 g/mol. The maximum atomic E-state index is 12.4. The second kappa shape index (κ2) is 8.44. The third-order valence-electron chi connectivity index (χ3n) is 4.13. The molecule has 25 heavy (non-hydrogen) atoms. The first-order valence-electron chi connectivity index (χ1n) is 8.46. The van der Waals surface area contributed by atoms with E-state index in [-0.39, 0.29) is 16.7 Å². The average molecular weight is 367 g/mol. The maximum Gasteiger partial charge on any atom is 0.240 e. The summed E-state index contributed by atoms with van der Waals surface area (Å²) in [5, 5.41) is 2.67. The predicted molar refractivity (Wildman–Crippen MR) is 95.9 cm³/mol. The highest BCUT2D eigenvalue weighted by molar-refractivity contribution is 7.89. The van der Waals surface area contributed by atoms with E-state index in [1.165, 1.54) is 13.8 Å². The molecule has 0 unspecified atom stereocenters. The number of rotatable bonds is 7. The summed E-state index contributed by atoms with van der Waals surface area (Å²) >= 11 is 0. The van der Waals surface area contributed by atoms with E-state index in [0.29, 0.717) is 32.5 Å².